The lowest BCUT2D eigenvalue weighted by molar-refractivity contribution is 0.0685. The first-order valence-corrected chi connectivity index (χ1v) is 9.61. The molecule has 0 unspecified atom stereocenters. The van der Waals surface area contributed by atoms with Crippen molar-refractivity contribution in [2.45, 2.75) is 20.8 Å². The zero-order valence-corrected chi connectivity index (χ0v) is 18.5. The van der Waals surface area contributed by atoms with E-state index < -0.39 is 17.9 Å². The maximum Gasteiger partial charge on any atom is 0.336 e. The molecule has 9 N–H and O–H groups in total. The Hall–Kier alpha value is -4.53. The Kier molecular flexibility index (Phi) is 9.44. The summed E-state index contributed by atoms with van der Waals surface area (Å²) < 4.78 is 0. The molecule has 0 heterocycles. The predicted molar refractivity (Wildman–Crippen MR) is 128 cm³/mol. The second-order valence-electron chi connectivity index (χ2n) is 7.14. The van der Waals surface area contributed by atoms with Gasteiger partial charge in [-0.3, -0.25) is 0 Å². The SMILES string of the molecule is Cc1ccc(N)cc1C(=O)O.Cc1ccc(N)cc1C(=O)O.Cc1ccc(N)cc1C(=O)O. The van der Waals surface area contributed by atoms with Gasteiger partial charge in [0.05, 0.1) is 16.7 Å². The average Bonchev–Trinajstić information content (AvgIpc) is 2.73. The third-order valence-electron chi connectivity index (χ3n) is 4.48. The Morgan fingerprint density at radius 1 is 0.515 bits per heavy atom. The molecule has 0 amide bonds. The summed E-state index contributed by atoms with van der Waals surface area (Å²) in [5.74, 6) is -2.81. The Morgan fingerprint density at radius 2 is 0.727 bits per heavy atom. The van der Waals surface area contributed by atoms with Gasteiger partial charge in [-0.25, -0.2) is 14.4 Å². The van der Waals surface area contributed by atoms with Gasteiger partial charge in [0, 0.05) is 17.1 Å². The molecule has 0 saturated heterocycles. The van der Waals surface area contributed by atoms with E-state index in [1.165, 1.54) is 18.2 Å². The van der Waals surface area contributed by atoms with Crippen LogP contribution in [0.3, 0.4) is 0 Å². The number of hydrogen-bond acceptors (Lipinski definition) is 6. The van der Waals surface area contributed by atoms with E-state index in [1.54, 1.807) is 57.2 Å². The van der Waals surface area contributed by atoms with Crippen molar-refractivity contribution in [1.29, 1.82) is 0 Å². The monoisotopic (exact) mass is 453 g/mol. The van der Waals surface area contributed by atoms with E-state index in [9.17, 15) is 14.4 Å². The van der Waals surface area contributed by atoms with E-state index in [0.29, 0.717) is 17.1 Å². The molecule has 9 heteroatoms. The minimum absolute atomic E-state index is 0.269. The third kappa shape index (κ3) is 8.25. The van der Waals surface area contributed by atoms with Crippen LogP contribution in [0.5, 0.6) is 0 Å². The van der Waals surface area contributed by atoms with E-state index in [1.807, 2.05) is 0 Å². The van der Waals surface area contributed by atoms with Crippen molar-refractivity contribution in [1.82, 2.24) is 0 Å². The minimum Gasteiger partial charge on any atom is -0.478 e. The van der Waals surface area contributed by atoms with E-state index in [2.05, 4.69) is 0 Å². The molecule has 0 atom stereocenters. The van der Waals surface area contributed by atoms with Crippen LogP contribution < -0.4 is 17.2 Å². The normalized spacial score (nSPS) is 9.55. The summed E-state index contributed by atoms with van der Waals surface area (Å²) in [5.41, 5.74) is 20.6. The molecule has 0 aliphatic rings. The van der Waals surface area contributed by atoms with E-state index in [0.717, 1.165) is 16.7 Å². The van der Waals surface area contributed by atoms with Gasteiger partial charge in [0.15, 0.2) is 0 Å². The van der Waals surface area contributed by atoms with Gasteiger partial charge in [-0.15, -0.1) is 0 Å². The second-order valence-corrected chi connectivity index (χ2v) is 7.14. The number of carboxylic acids is 3. The van der Waals surface area contributed by atoms with Gasteiger partial charge in [0.1, 0.15) is 0 Å². The van der Waals surface area contributed by atoms with Crippen molar-refractivity contribution in [2.75, 3.05) is 17.2 Å². The fraction of sp³-hybridized carbons (Fsp3) is 0.125. The summed E-state index contributed by atoms with van der Waals surface area (Å²) in [6.45, 7) is 5.22. The highest BCUT2D eigenvalue weighted by Crippen LogP contribution is 2.13. The Morgan fingerprint density at radius 3 is 0.879 bits per heavy atom. The quantitative estimate of drug-likeness (QED) is 0.320. The highest BCUT2D eigenvalue weighted by atomic mass is 16.4. The number of nitrogens with two attached hydrogens (primary N) is 3. The maximum atomic E-state index is 10.5. The summed E-state index contributed by atoms with van der Waals surface area (Å²) in [4.78, 5) is 31.6. The van der Waals surface area contributed by atoms with Gasteiger partial charge in [0.25, 0.3) is 0 Å². The highest BCUT2D eigenvalue weighted by Gasteiger charge is 2.07. The number of benzene rings is 3. The average molecular weight is 453 g/mol. The molecular weight excluding hydrogens is 426 g/mol. The first-order valence-electron chi connectivity index (χ1n) is 9.61. The zero-order chi connectivity index (χ0) is 25.3. The van der Waals surface area contributed by atoms with Crippen LogP contribution in [0.25, 0.3) is 0 Å². The van der Waals surface area contributed by atoms with Crippen LogP contribution >= 0.6 is 0 Å². The number of aromatic carboxylic acids is 3. The Balaban J connectivity index is 0.000000247. The molecular formula is C24H27N3O6. The summed E-state index contributed by atoms with van der Waals surface area (Å²) in [5, 5.41) is 25.9. The van der Waals surface area contributed by atoms with Crippen LogP contribution in [0.4, 0.5) is 17.1 Å². The molecule has 0 radical (unpaired) electrons. The topological polar surface area (TPSA) is 190 Å². The molecule has 9 nitrogen and oxygen atoms in total. The highest BCUT2D eigenvalue weighted by molar-refractivity contribution is 5.91. The molecule has 3 rings (SSSR count). The molecule has 0 aromatic heterocycles. The van der Waals surface area contributed by atoms with Crippen LogP contribution in [-0.4, -0.2) is 33.2 Å². The van der Waals surface area contributed by atoms with Gasteiger partial charge >= 0.3 is 17.9 Å². The lowest BCUT2D eigenvalue weighted by atomic mass is 10.1. The molecule has 33 heavy (non-hydrogen) atoms. The predicted octanol–water partition coefficient (Wildman–Crippen LogP) is 3.83. The van der Waals surface area contributed by atoms with Crippen molar-refractivity contribution >= 4 is 35.0 Å². The molecule has 0 saturated carbocycles. The number of carbonyl (C=O) groups is 3. The van der Waals surface area contributed by atoms with Crippen LogP contribution in [-0.2, 0) is 0 Å². The molecule has 174 valence electrons. The van der Waals surface area contributed by atoms with Gasteiger partial charge in [-0.1, -0.05) is 18.2 Å². The number of hydrogen-bond donors (Lipinski definition) is 6. The van der Waals surface area contributed by atoms with Crippen LogP contribution in [0.2, 0.25) is 0 Å². The number of carboxylic acid groups (broad SMARTS) is 3. The molecule has 0 aliphatic heterocycles. The number of rotatable bonds is 3. The van der Waals surface area contributed by atoms with E-state index >= 15 is 0 Å². The van der Waals surface area contributed by atoms with Crippen LogP contribution in [0.15, 0.2) is 54.6 Å². The smallest absolute Gasteiger partial charge is 0.336 e. The molecule has 0 fully saturated rings. The van der Waals surface area contributed by atoms with Gasteiger partial charge in [0.2, 0.25) is 0 Å². The molecule has 3 aromatic carbocycles. The van der Waals surface area contributed by atoms with Crippen molar-refractivity contribution in [2.24, 2.45) is 0 Å². The molecule has 0 aliphatic carbocycles. The summed E-state index contributed by atoms with van der Waals surface area (Å²) in [6.07, 6.45) is 0. The fourth-order valence-corrected chi connectivity index (χ4v) is 2.61. The third-order valence-corrected chi connectivity index (χ3v) is 4.48. The standard InChI is InChI=1S/3C8H9NO2/c3*1-5-2-3-6(9)4-7(5)8(10)11/h3*2-4H,9H2,1H3,(H,10,11). The Bertz CT molecular complexity index is 1030. The summed E-state index contributed by atoms with van der Waals surface area (Å²) in [6, 6.07) is 14.5. The number of anilines is 3. The lowest BCUT2D eigenvalue weighted by Crippen LogP contribution is -2.00. The van der Waals surface area contributed by atoms with Crippen molar-refractivity contribution in [3.8, 4) is 0 Å². The Labute approximate surface area is 191 Å². The van der Waals surface area contributed by atoms with Crippen LogP contribution in [0.1, 0.15) is 47.8 Å². The van der Waals surface area contributed by atoms with Gasteiger partial charge < -0.3 is 32.5 Å². The molecule has 3 aromatic rings. The fourth-order valence-electron chi connectivity index (χ4n) is 2.61. The zero-order valence-electron chi connectivity index (χ0n) is 18.5. The number of aryl methyl sites for hydroxylation is 3. The van der Waals surface area contributed by atoms with Crippen molar-refractivity contribution in [3.63, 3.8) is 0 Å². The van der Waals surface area contributed by atoms with Crippen LogP contribution in [0, 0.1) is 20.8 Å². The molecule has 0 bridgehead atoms. The summed E-state index contributed by atoms with van der Waals surface area (Å²) >= 11 is 0. The number of nitrogen functional groups attached to an aromatic ring is 3. The largest absolute Gasteiger partial charge is 0.478 e. The van der Waals surface area contributed by atoms with Crippen molar-refractivity contribution < 1.29 is 29.7 Å². The minimum atomic E-state index is -0.935. The van der Waals surface area contributed by atoms with E-state index in [4.69, 9.17) is 32.5 Å². The molecule has 0 spiro atoms. The first-order chi connectivity index (χ1) is 15.3. The maximum absolute atomic E-state index is 10.5. The van der Waals surface area contributed by atoms with Gasteiger partial charge in [-0.2, -0.15) is 0 Å². The lowest BCUT2D eigenvalue weighted by Gasteiger charge is -2.00. The van der Waals surface area contributed by atoms with Gasteiger partial charge in [-0.05, 0) is 73.9 Å². The first kappa shape index (κ1) is 26.5. The summed E-state index contributed by atoms with van der Waals surface area (Å²) in [7, 11) is 0. The van der Waals surface area contributed by atoms with E-state index in [-0.39, 0.29) is 16.7 Å². The van der Waals surface area contributed by atoms with Crippen molar-refractivity contribution in [3.05, 3.63) is 88.0 Å². The second kappa shape index (κ2) is 11.8.